The van der Waals surface area contributed by atoms with Gasteiger partial charge in [0.05, 0.1) is 6.04 Å². The molecule has 0 spiro atoms. The Bertz CT molecular complexity index is 190. The number of carbonyl (C=O) groups is 3. The fourth-order valence-electron chi connectivity index (χ4n) is 0.754. The van der Waals surface area contributed by atoms with E-state index in [1.807, 2.05) is 0 Å². The van der Waals surface area contributed by atoms with Gasteiger partial charge in [-0.05, 0) is 13.3 Å². The lowest BCUT2D eigenvalue weighted by Gasteiger charge is -2.09. The van der Waals surface area contributed by atoms with E-state index in [1.54, 1.807) is 0 Å². The van der Waals surface area contributed by atoms with Gasteiger partial charge in [-0.2, -0.15) is 0 Å². The summed E-state index contributed by atoms with van der Waals surface area (Å²) in [5.41, 5.74) is 0. The van der Waals surface area contributed by atoms with Gasteiger partial charge in [-0.3, -0.25) is 14.4 Å². The minimum Gasteiger partial charge on any atom is -0.481 e. The van der Waals surface area contributed by atoms with Crippen molar-refractivity contribution in [3.8, 4) is 0 Å². The van der Waals surface area contributed by atoms with Crippen molar-refractivity contribution >= 4 is 18.2 Å². The Morgan fingerprint density at radius 1 is 1.58 bits per heavy atom. The minimum absolute atomic E-state index is 0.120. The second-order valence-corrected chi connectivity index (χ2v) is 2.38. The zero-order chi connectivity index (χ0) is 9.56. The molecule has 0 aromatic carbocycles. The number of aliphatic carboxylic acids is 1. The number of hydrogen-bond acceptors (Lipinski definition) is 3. The van der Waals surface area contributed by atoms with Crippen molar-refractivity contribution in [2.45, 2.75) is 25.8 Å². The Hall–Kier alpha value is -1.39. The molecule has 0 aliphatic rings. The van der Waals surface area contributed by atoms with Gasteiger partial charge in [0, 0.05) is 6.42 Å². The highest BCUT2D eigenvalue weighted by Crippen LogP contribution is 1.97. The molecular weight excluding hydrogens is 162 g/mol. The van der Waals surface area contributed by atoms with Crippen LogP contribution in [0.1, 0.15) is 19.8 Å². The van der Waals surface area contributed by atoms with Crippen LogP contribution in [0.3, 0.4) is 0 Å². The third kappa shape index (κ3) is 4.43. The van der Waals surface area contributed by atoms with Crippen LogP contribution in [0, 0.1) is 0 Å². The van der Waals surface area contributed by atoms with E-state index in [1.165, 1.54) is 6.92 Å². The predicted octanol–water partition coefficient (Wildman–Crippen LogP) is -0.445. The quantitative estimate of drug-likeness (QED) is 0.533. The molecule has 1 atom stereocenters. The molecule has 0 heterocycles. The first-order chi connectivity index (χ1) is 5.57. The van der Waals surface area contributed by atoms with Gasteiger partial charge in [0.25, 0.3) is 0 Å². The SMILES string of the molecule is CC(=O)C(CCC(=O)O)NC=O. The first-order valence-corrected chi connectivity index (χ1v) is 3.50. The lowest BCUT2D eigenvalue weighted by atomic mass is 10.1. The molecule has 1 unspecified atom stereocenters. The van der Waals surface area contributed by atoms with E-state index in [9.17, 15) is 14.4 Å². The number of hydrogen-bond donors (Lipinski definition) is 2. The molecule has 0 rings (SSSR count). The Kier molecular flexibility index (Phi) is 4.67. The fraction of sp³-hybridized carbons (Fsp3) is 0.571. The van der Waals surface area contributed by atoms with Crippen LogP contribution in [0.2, 0.25) is 0 Å². The Morgan fingerprint density at radius 2 is 2.17 bits per heavy atom. The minimum atomic E-state index is -0.978. The molecule has 0 bridgehead atoms. The molecule has 0 aliphatic carbocycles. The van der Waals surface area contributed by atoms with Gasteiger partial charge in [-0.25, -0.2) is 0 Å². The van der Waals surface area contributed by atoms with Crippen molar-refractivity contribution in [1.29, 1.82) is 0 Å². The average molecular weight is 173 g/mol. The summed E-state index contributed by atoms with van der Waals surface area (Å²) in [5, 5.41) is 10.5. The van der Waals surface area contributed by atoms with Gasteiger partial charge in [-0.15, -0.1) is 0 Å². The Labute approximate surface area is 69.8 Å². The summed E-state index contributed by atoms with van der Waals surface area (Å²) >= 11 is 0. The summed E-state index contributed by atoms with van der Waals surface area (Å²) in [4.78, 5) is 30.8. The summed E-state index contributed by atoms with van der Waals surface area (Å²) in [7, 11) is 0. The normalized spacial score (nSPS) is 11.8. The van der Waals surface area contributed by atoms with Crippen LogP contribution in [-0.4, -0.2) is 29.3 Å². The molecule has 0 saturated heterocycles. The predicted molar refractivity (Wildman–Crippen MR) is 40.5 cm³/mol. The molecule has 0 fully saturated rings. The number of amides is 1. The first-order valence-electron chi connectivity index (χ1n) is 3.50. The lowest BCUT2D eigenvalue weighted by molar-refractivity contribution is -0.137. The standard InChI is InChI=1S/C7H11NO4/c1-5(10)6(8-4-9)2-3-7(11)12/h4,6H,2-3H2,1H3,(H,8,9)(H,11,12). The van der Waals surface area contributed by atoms with Crippen LogP contribution in [0.5, 0.6) is 0 Å². The average Bonchev–Trinajstić information content (AvgIpc) is 1.96. The molecule has 2 N–H and O–H groups in total. The van der Waals surface area contributed by atoms with E-state index >= 15 is 0 Å². The van der Waals surface area contributed by atoms with Crippen LogP contribution in [-0.2, 0) is 14.4 Å². The molecule has 12 heavy (non-hydrogen) atoms. The number of ketones is 1. The third-order valence-corrected chi connectivity index (χ3v) is 1.41. The van der Waals surface area contributed by atoms with E-state index in [-0.39, 0.29) is 18.6 Å². The molecule has 0 aromatic rings. The van der Waals surface area contributed by atoms with Gasteiger partial charge in [0.15, 0.2) is 5.78 Å². The van der Waals surface area contributed by atoms with Crippen molar-refractivity contribution in [3.63, 3.8) is 0 Å². The van der Waals surface area contributed by atoms with E-state index in [4.69, 9.17) is 5.11 Å². The summed E-state index contributed by atoms with van der Waals surface area (Å²) < 4.78 is 0. The highest BCUT2D eigenvalue weighted by Gasteiger charge is 2.13. The zero-order valence-corrected chi connectivity index (χ0v) is 6.74. The van der Waals surface area contributed by atoms with Crippen molar-refractivity contribution in [3.05, 3.63) is 0 Å². The van der Waals surface area contributed by atoms with Crippen LogP contribution in [0.25, 0.3) is 0 Å². The van der Waals surface area contributed by atoms with E-state index in [2.05, 4.69) is 5.32 Å². The number of carboxylic acids is 1. The second-order valence-electron chi connectivity index (χ2n) is 2.38. The molecular formula is C7H11NO4. The maximum Gasteiger partial charge on any atom is 0.303 e. The summed E-state index contributed by atoms with van der Waals surface area (Å²) in [5.74, 6) is -1.21. The molecule has 0 aliphatic heterocycles. The van der Waals surface area contributed by atoms with Crippen LogP contribution in [0.4, 0.5) is 0 Å². The van der Waals surface area contributed by atoms with Crippen molar-refractivity contribution < 1.29 is 19.5 Å². The van der Waals surface area contributed by atoms with Gasteiger partial charge in [0.1, 0.15) is 0 Å². The molecule has 5 nitrogen and oxygen atoms in total. The maximum absolute atomic E-state index is 10.7. The number of rotatable bonds is 6. The Balaban J connectivity index is 3.86. The highest BCUT2D eigenvalue weighted by atomic mass is 16.4. The van der Waals surface area contributed by atoms with Crippen molar-refractivity contribution in [1.82, 2.24) is 5.32 Å². The molecule has 0 aromatic heterocycles. The van der Waals surface area contributed by atoms with Crippen molar-refractivity contribution in [2.75, 3.05) is 0 Å². The van der Waals surface area contributed by atoms with E-state index in [0.717, 1.165) is 0 Å². The molecule has 0 radical (unpaired) electrons. The summed E-state index contributed by atoms with van der Waals surface area (Å²) in [6, 6.07) is -0.668. The fourth-order valence-corrected chi connectivity index (χ4v) is 0.754. The third-order valence-electron chi connectivity index (χ3n) is 1.41. The van der Waals surface area contributed by atoms with E-state index in [0.29, 0.717) is 6.41 Å². The van der Waals surface area contributed by atoms with Crippen LogP contribution >= 0.6 is 0 Å². The number of carboxylic acid groups (broad SMARTS) is 1. The number of nitrogens with one attached hydrogen (secondary N) is 1. The summed E-state index contributed by atoms with van der Waals surface area (Å²) in [6.45, 7) is 1.31. The van der Waals surface area contributed by atoms with Gasteiger partial charge < -0.3 is 10.4 Å². The lowest BCUT2D eigenvalue weighted by Crippen LogP contribution is -2.34. The summed E-state index contributed by atoms with van der Waals surface area (Å²) in [6.07, 6.45) is 0.419. The number of Topliss-reactive ketones (excluding diaryl/α,β-unsaturated/α-hetero) is 1. The highest BCUT2D eigenvalue weighted by molar-refractivity contribution is 5.83. The first kappa shape index (κ1) is 10.6. The zero-order valence-electron chi connectivity index (χ0n) is 6.74. The molecule has 0 saturated carbocycles. The number of carbonyl (C=O) groups excluding carboxylic acids is 2. The second kappa shape index (κ2) is 5.29. The molecule has 1 amide bonds. The van der Waals surface area contributed by atoms with Crippen molar-refractivity contribution in [2.24, 2.45) is 0 Å². The largest absolute Gasteiger partial charge is 0.481 e. The van der Waals surface area contributed by atoms with E-state index < -0.39 is 12.0 Å². The maximum atomic E-state index is 10.7. The topological polar surface area (TPSA) is 83.5 Å². The smallest absolute Gasteiger partial charge is 0.303 e. The van der Waals surface area contributed by atoms with Gasteiger partial charge in [0.2, 0.25) is 6.41 Å². The van der Waals surface area contributed by atoms with Gasteiger partial charge in [-0.1, -0.05) is 0 Å². The molecule has 68 valence electrons. The molecule has 5 heteroatoms. The monoisotopic (exact) mass is 173 g/mol. The Morgan fingerprint density at radius 3 is 2.50 bits per heavy atom. The van der Waals surface area contributed by atoms with Crippen LogP contribution in [0.15, 0.2) is 0 Å². The van der Waals surface area contributed by atoms with Gasteiger partial charge >= 0.3 is 5.97 Å². The van der Waals surface area contributed by atoms with Crippen LogP contribution < -0.4 is 5.32 Å².